The van der Waals surface area contributed by atoms with Gasteiger partial charge in [0.25, 0.3) is 0 Å². The summed E-state index contributed by atoms with van der Waals surface area (Å²) < 4.78 is 29.9. The van der Waals surface area contributed by atoms with E-state index in [9.17, 15) is 8.42 Å². The maximum absolute atomic E-state index is 11.0. The first-order valence-electron chi connectivity index (χ1n) is 6.52. The Kier molecular flexibility index (Phi) is 5.50. The molecule has 2 rings (SSSR count). The molecule has 0 saturated carbocycles. The van der Waals surface area contributed by atoms with E-state index >= 15 is 0 Å². The van der Waals surface area contributed by atoms with Gasteiger partial charge in [-0.05, 0) is 35.7 Å². The molecule has 0 bridgehead atoms. The fraction of sp³-hybridized carbons (Fsp3) is 0.214. The standard InChI is InChI=1S/C14H13ClN4O3S/c1-23(20,21)17-7-6-10-2-4-12(5-3-10)22-13-8-11(9-16)18-14(15)19-13/h2-5,8,17H,6-7H2,1H3. The molecule has 23 heavy (non-hydrogen) atoms. The number of nitrogens with zero attached hydrogens (tertiary/aromatic N) is 3. The quantitative estimate of drug-likeness (QED) is 0.796. The molecular formula is C14H13ClN4O3S. The lowest BCUT2D eigenvalue weighted by Crippen LogP contribution is -2.24. The van der Waals surface area contributed by atoms with Gasteiger partial charge in [0.05, 0.1) is 6.26 Å². The van der Waals surface area contributed by atoms with Crippen molar-refractivity contribution in [2.75, 3.05) is 12.8 Å². The zero-order chi connectivity index (χ0) is 16.9. The second-order valence-electron chi connectivity index (χ2n) is 4.63. The molecule has 0 atom stereocenters. The highest BCUT2D eigenvalue weighted by Crippen LogP contribution is 2.21. The molecule has 0 aliphatic heterocycles. The Balaban J connectivity index is 2.00. The molecule has 1 aromatic heterocycles. The lowest BCUT2D eigenvalue weighted by molar-refractivity contribution is 0.461. The number of rotatable bonds is 6. The molecular weight excluding hydrogens is 340 g/mol. The van der Waals surface area contributed by atoms with E-state index < -0.39 is 10.0 Å². The highest BCUT2D eigenvalue weighted by molar-refractivity contribution is 7.88. The first kappa shape index (κ1) is 17.1. The van der Waals surface area contributed by atoms with Gasteiger partial charge in [0.1, 0.15) is 17.5 Å². The smallest absolute Gasteiger partial charge is 0.226 e. The van der Waals surface area contributed by atoms with Crippen molar-refractivity contribution >= 4 is 21.6 Å². The molecule has 2 aromatic rings. The molecule has 0 saturated heterocycles. The van der Waals surface area contributed by atoms with E-state index in [2.05, 4.69) is 14.7 Å². The summed E-state index contributed by atoms with van der Waals surface area (Å²) in [5.74, 6) is 0.691. The normalized spacial score (nSPS) is 11.0. The van der Waals surface area contributed by atoms with E-state index in [4.69, 9.17) is 21.6 Å². The third kappa shape index (κ3) is 5.83. The molecule has 0 unspecified atom stereocenters. The number of aromatic nitrogens is 2. The lowest BCUT2D eigenvalue weighted by Gasteiger charge is -2.07. The summed E-state index contributed by atoms with van der Waals surface area (Å²) in [5, 5.41) is 8.76. The molecule has 0 fully saturated rings. The van der Waals surface area contributed by atoms with E-state index in [0.717, 1.165) is 11.8 Å². The van der Waals surface area contributed by atoms with Gasteiger partial charge in [-0.15, -0.1) is 0 Å². The Hall–Kier alpha value is -2.21. The van der Waals surface area contributed by atoms with Crippen LogP contribution in [-0.4, -0.2) is 31.2 Å². The largest absolute Gasteiger partial charge is 0.439 e. The van der Waals surface area contributed by atoms with Crippen molar-refractivity contribution in [1.29, 1.82) is 5.26 Å². The van der Waals surface area contributed by atoms with Crippen LogP contribution in [0, 0.1) is 11.3 Å². The maximum atomic E-state index is 11.0. The Morgan fingerprint density at radius 1 is 1.30 bits per heavy atom. The van der Waals surface area contributed by atoms with Crippen molar-refractivity contribution in [2.45, 2.75) is 6.42 Å². The minimum atomic E-state index is -3.18. The molecule has 120 valence electrons. The second kappa shape index (κ2) is 7.37. The van der Waals surface area contributed by atoms with Crippen molar-refractivity contribution in [3.8, 4) is 17.7 Å². The molecule has 0 amide bonds. The minimum absolute atomic E-state index is 0.0671. The van der Waals surface area contributed by atoms with Crippen LogP contribution in [0.25, 0.3) is 0 Å². The van der Waals surface area contributed by atoms with E-state index in [1.807, 2.05) is 18.2 Å². The van der Waals surface area contributed by atoms with Gasteiger partial charge in [0, 0.05) is 12.6 Å². The fourth-order valence-corrected chi connectivity index (χ4v) is 2.38. The number of hydrogen-bond donors (Lipinski definition) is 1. The summed E-state index contributed by atoms with van der Waals surface area (Å²) in [7, 11) is -3.18. The number of sulfonamides is 1. The van der Waals surface area contributed by atoms with E-state index in [1.54, 1.807) is 12.1 Å². The van der Waals surface area contributed by atoms with Crippen molar-refractivity contribution in [1.82, 2.24) is 14.7 Å². The molecule has 1 heterocycles. The van der Waals surface area contributed by atoms with Crippen molar-refractivity contribution in [3.05, 3.63) is 46.9 Å². The molecule has 1 N–H and O–H groups in total. The fourth-order valence-electron chi connectivity index (χ4n) is 1.73. The number of ether oxygens (including phenoxy) is 1. The number of benzene rings is 1. The first-order chi connectivity index (χ1) is 10.9. The minimum Gasteiger partial charge on any atom is -0.439 e. The van der Waals surface area contributed by atoms with Crippen LogP contribution in [0.4, 0.5) is 0 Å². The van der Waals surface area contributed by atoms with Gasteiger partial charge >= 0.3 is 0 Å². The van der Waals surface area contributed by atoms with E-state index in [1.165, 1.54) is 6.07 Å². The third-order valence-corrected chi connectivity index (χ3v) is 3.61. The second-order valence-corrected chi connectivity index (χ2v) is 6.81. The maximum Gasteiger partial charge on any atom is 0.226 e. The van der Waals surface area contributed by atoms with Crippen LogP contribution in [0.3, 0.4) is 0 Å². The molecule has 0 radical (unpaired) electrons. The molecule has 0 spiro atoms. The Bertz CT molecular complexity index is 832. The average molecular weight is 353 g/mol. The summed E-state index contributed by atoms with van der Waals surface area (Å²) in [6.45, 7) is 0.325. The van der Waals surface area contributed by atoms with Crippen LogP contribution in [0.5, 0.6) is 11.6 Å². The van der Waals surface area contributed by atoms with Gasteiger partial charge in [0.15, 0.2) is 0 Å². The van der Waals surface area contributed by atoms with Crippen LogP contribution in [0.1, 0.15) is 11.3 Å². The zero-order valence-corrected chi connectivity index (χ0v) is 13.7. The van der Waals surface area contributed by atoms with Gasteiger partial charge in [-0.1, -0.05) is 12.1 Å². The van der Waals surface area contributed by atoms with Crippen molar-refractivity contribution in [3.63, 3.8) is 0 Å². The van der Waals surface area contributed by atoms with Crippen molar-refractivity contribution in [2.24, 2.45) is 0 Å². The van der Waals surface area contributed by atoms with E-state index in [-0.39, 0.29) is 16.9 Å². The predicted molar refractivity (Wildman–Crippen MR) is 84.8 cm³/mol. The number of nitrogens with one attached hydrogen (secondary N) is 1. The molecule has 7 nitrogen and oxygen atoms in total. The Labute approximate surface area is 139 Å². The Morgan fingerprint density at radius 2 is 2.00 bits per heavy atom. The Morgan fingerprint density at radius 3 is 2.61 bits per heavy atom. The van der Waals surface area contributed by atoms with Gasteiger partial charge in [-0.25, -0.2) is 18.1 Å². The summed E-state index contributed by atoms with van der Waals surface area (Å²) in [4.78, 5) is 7.60. The summed E-state index contributed by atoms with van der Waals surface area (Å²) in [6, 6.07) is 10.3. The number of hydrogen-bond acceptors (Lipinski definition) is 6. The van der Waals surface area contributed by atoms with E-state index in [0.29, 0.717) is 18.7 Å². The average Bonchev–Trinajstić information content (AvgIpc) is 2.47. The highest BCUT2D eigenvalue weighted by atomic mass is 35.5. The van der Waals surface area contributed by atoms with Crippen LogP contribution in [-0.2, 0) is 16.4 Å². The topological polar surface area (TPSA) is 105 Å². The monoisotopic (exact) mass is 352 g/mol. The molecule has 0 aliphatic carbocycles. The summed E-state index contributed by atoms with van der Waals surface area (Å²) in [5.41, 5.74) is 1.07. The van der Waals surface area contributed by atoms with Crippen LogP contribution >= 0.6 is 11.6 Å². The van der Waals surface area contributed by atoms with Crippen molar-refractivity contribution < 1.29 is 13.2 Å². The van der Waals surface area contributed by atoms with Gasteiger partial charge < -0.3 is 4.74 Å². The molecule has 9 heteroatoms. The van der Waals surface area contributed by atoms with Gasteiger partial charge in [-0.2, -0.15) is 10.2 Å². The van der Waals surface area contributed by atoms with Crippen LogP contribution in [0.15, 0.2) is 30.3 Å². The SMILES string of the molecule is CS(=O)(=O)NCCc1ccc(Oc2cc(C#N)nc(Cl)n2)cc1. The summed E-state index contributed by atoms with van der Waals surface area (Å²) in [6.07, 6.45) is 1.68. The van der Waals surface area contributed by atoms with Gasteiger partial charge in [-0.3, -0.25) is 0 Å². The van der Waals surface area contributed by atoms with Gasteiger partial charge in [0.2, 0.25) is 21.2 Å². The number of nitriles is 1. The molecule has 0 aliphatic rings. The first-order valence-corrected chi connectivity index (χ1v) is 8.79. The highest BCUT2D eigenvalue weighted by Gasteiger charge is 2.05. The third-order valence-electron chi connectivity index (χ3n) is 2.71. The number of halogens is 1. The van der Waals surface area contributed by atoms with Crippen LogP contribution in [0.2, 0.25) is 5.28 Å². The molecule has 1 aromatic carbocycles. The van der Waals surface area contributed by atoms with Crippen LogP contribution < -0.4 is 9.46 Å². The zero-order valence-electron chi connectivity index (χ0n) is 12.2. The summed E-state index contributed by atoms with van der Waals surface area (Å²) >= 11 is 5.70. The lowest BCUT2D eigenvalue weighted by atomic mass is 10.1. The predicted octanol–water partition coefficient (Wildman–Crippen LogP) is 1.89.